The van der Waals surface area contributed by atoms with Gasteiger partial charge in [0.15, 0.2) is 7.28 Å². The monoisotopic (exact) mass is 774 g/mol. The highest BCUT2D eigenvalue weighted by atomic mass is 16.3. The van der Waals surface area contributed by atoms with Crippen molar-refractivity contribution in [3.63, 3.8) is 0 Å². The zero-order chi connectivity index (χ0) is 40.9. The van der Waals surface area contributed by atoms with Crippen molar-refractivity contribution in [1.82, 2.24) is 0 Å². The molecule has 11 rings (SSSR count). The molecule has 1 unspecified atom stereocenters. The molecule has 60 heavy (non-hydrogen) atoms. The van der Waals surface area contributed by atoms with Crippen LogP contribution in [0, 0.1) is 0 Å². The van der Waals surface area contributed by atoms with Gasteiger partial charge in [0.1, 0.15) is 11.2 Å². The van der Waals surface area contributed by atoms with E-state index in [-0.39, 0.29) is 16.7 Å². The first-order valence-electron chi connectivity index (χ1n) is 21.6. The Morgan fingerprint density at radius 2 is 1.27 bits per heavy atom. The van der Waals surface area contributed by atoms with Crippen molar-refractivity contribution in [3.05, 3.63) is 179 Å². The van der Waals surface area contributed by atoms with Crippen molar-refractivity contribution in [2.75, 3.05) is 5.32 Å². The van der Waals surface area contributed by atoms with E-state index < -0.39 is 0 Å². The fourth-order valence-electron chi connectivity index (χ4n) is 10.0. The Bertz CT molecular complexity index is 3160. The fraction of sp³-hybridized carbons (Fsp3) is 0.193. The number of benzene rings is 8. The molecule has 2 nitrogen and oxygen atoms in total. The van der Waals surface area contributed by atoms with Crippen LogP contribution in [0.5, 0.6) is 0 Å². The Morgan fingerprint density at radius 3 is 2.05 bits per heavy atom. The smallest absolute Gasteiger partial charge is 0.193 e. The van der Waals surface area contributed by atoms with Crippen LogP contribution in [0.15, 0.2) is 156 Å². The molecule has 1 aliphatic carbocycles. The van der Waals surface area contributed by atoms with Crippen LogP contribution in [0.25, 0.3) is 66.1 Å². The number of rotatable bonds is 4. The third-order valence-corrected chi connectivity index (χ3v) is 13.3. The number of hydrogen-bond acceptors (Lipinski definition) is 2. The maximum Gasteiger partial charge on any atom is 0.193 e. The summed E-state index contributed by atoms with van der Waals surface area (Å²) >= 11 is 0. The Kier molecular flexibility index (Phi) is 8.33. The summed E-state index contributed by atoms with van der Waals surface area (Å²) in [4.78, 5) is 0. The van der Waals surface area contributed by atoms with E-state index in [1.807, 2.05) is 0 Å². The van der Waals surface area contributed by atoms with Crippen molar-refractivity contribution in [3.8, 4) is 33.4 Å². The van der Waals surface area contributed by atoms with Gasteiger partial charge in [-0.25, -0.2) is 0 Å². The number of para-hydroxylation sites is 1. The first-order chi connectivity index (χ1) is 29.0. The lowest BCUT2D eigenvalue weighted by Crippen LogP contribution is -2.42. The minimum Gasteiger partial charge on any atom is -0.456 e. The second kappa shape index (κ2) is 13.6. The van der Waals surface area contributed by atoms with Gasteiger partial charge in [0, 0.05) is 33.6 Å². The van der Waals surface area contributed by atoms with Crippen molar-refractivity contribution in [2.24, 2.45) is 0 Å². The summed E-state index contributed by atoms with van der Waals surface area (Å²) in [6.07, 6.45) is 2.00. The number of aryl methyl sites for hydroxylation is 1. The SMILES string of the molecule is CC(C)(C)c1ccc2c(c1)-c1cc(C(C)(C)C)cc3c1C(CC2)c1c(c(-c2c(Nc4ccc(-c5ccccc5)cc4)ccc4ccccc24)cc2c1oc1ccccc12)[B]3. The van der Waals surface area contributed by atoms with Crippen LogP contribution in [-0.2, 0) is 17.3 Å². The van der Waals surface area contributed by atoms with E-state index in [1.54, 1.807) is 0 Å². The molecule has 3 heteroatoms. The summed E-state index contributed by atoms with van der Waals surface area (Å²) < 4.78 is 7.04. The Balaban J connectivity index is 1.18. The second-order valence-electron chi connectivity index (χ2n) is 19.1. The highest BCUT2D eigenvalue weighted by Gasteiger charge is 2.38. The van der Waals surface area contributed by atoms with Gasteiger partial charge in [-0.3, -0.25) is 0 Å². The van der Waals surface area contributed by atoms with Gasteiger partial charge in [-0.1, -0.05) is 174 Å². The van der Waals surface area contributed by atoms with Crippen LogP contribution in [0.1, 0.15) is 81.7 Å². The maximum atomic E-state index is 7.04. The fourth-order valence-corrected chi connectivity index (χ4v) is 10.0. The van der Waals surface area contributed by atoms with Gasteiger partial charge in [0.2, 0.25) is 0 Å². The minimum absolute atomic E-state index is 0.0302. The molecule has 1 atom stereocenters. The molecule has 2 heterocycles. The topological polar surface area (TPSA) is 25.2 Å². The predicted molar refractivity (Wildman–Crippen MR) is 256 cm³/mol. The molecule has 2 aliphatic rings. The van der Waals surface area contributed by atoms with Crippen LogP contribution in [0.2, 0.25) is 0 Å². The van der Waals surface area contributed by atoms with Crippen molar-refractivity contribution in [1.29, 1.82) is 0 Å². The Hall–Kier alpha value is -6.32. The van der Waals surface area contributed by atoms with Gasteiger partial charge in [-0.15, -0.1) is 0 Å². The zero-order valence-electron chi connectivity index (χ0n) is 35.4. The molecule has 0 fully saturated rings. The lowest BCUT2D eigenvalue weighted by Gasteiger charge is -2.33. The lowest BCUT2D eigenvalue weighted by atomic mass is 9.51. The van der Waals surface area contributed by atoms with Gasteiger partial charge in [0.25, 0.3) is 0 Å². The molecule has 1 aliphatic heterocycles. The summed E-state index contributed by atoms with van der Waals surface area (Å²) in [7, 11) is 2.51. The highest BCUT2D eigenvalue weighted by Crippen LogP contribution is 2.49. The first kappa shape index (κ1) is 36.7. The van der Waals surface area contributed by atoms with E-state index in [0.29, 0.717) is 0 Å². The molecule has 0 amide bonds. The van der Waals surface area contributed by atoms with Gasteiger partial charge in [0.05, 0.1) is 0 Å². The highest BCUT2D eigenvalue weighted by molar-refractivity contribution is 6.71. The molecule has 291 valence electrons. The van der Waals surface area contributed by atoms with Gasteiger partial charge >= 0.3 is 0 Å². The average Bonchev–Trinajstić information content (AvgIpc) is 3.54. The Morgan fingerprint density at radius 1 is 0.567 bits per heavy atom. The van der Waals surface area contributed by atoms with Crippen LogP contribution in [-0.4, -0.2) is 7.28 Å². The summed E-state index contributed by atoms with van der Waals surface area (Å²) in [5, 5.41) is 8.70. The number of fused-ring (bicyclic) bond motifs is 9. The van der Waals surface area contributed by atoms with Crippen molar-refractivity contribution < 1.29 is 4.42 Å². The molecule has 9 aromatic rings. The number of nitrogens with one attached hydrogen (secondary N) is 1. The molecular formula is C57H49BNO. The number of anilines is 2. The van der Waals surface area contributed by atoms with Crippen LogP contribution >= 0.6 is 0 Å². The third-order valence-electron chi connectivity index (χ3n) is 13.3. The normalized spacial score (nSPS) is 14.7. The van der Waals surface area contributed by atoms with Gasteiger partial charge < -0.3 is 9.73 Å². The van der Waals surface area contributed by atoms with E-state index in [2.05, 4.69) is 206 Å². The van der Waals surface area contributed by atoms with Crippen LogP contribution in [0.3, 0.4) is 0 Å². The van der Waals surface area contributed by atoms with E-state index in [4.69, 9.17) is 4.42 Å². The van der Waals surface area contributed by atoms with E-state index in [1.165, 1.54) is 88.3 Å². The Labute approximate surface area is 354 Å². The van der Waals surface area contributed by atoms with E-state index in [0.717, 1.165) is 40.8 Å². The van der Waals surface area contributed by atoms with Gasteiger partial charge in [-0.05, 0) is 120 Å². The predicted octanol–water partition coefficient (Wildman–Crippen LogP) is 14.1. The zero-order valence-corrected chi connectivity index (χ0v) is 35.4. The molecule has 0 saturated carbocycles. The molecule has 1 N–H and O–H groups in total. The molecule has 8 aromatic carbocycles. The van der Waals surface area contributed by atoms with Crippen LogP contribution < -0.4 is 16.2 Å². The van der Waals surface area contributed by atoms with Crippen LogP contribution in [0.4, 0.5) is 11.4 Å². The quantitative estimate of drug-likeness (QED) is 0.180. The number of furan rings is 1. The van der Waals surface area contributed by atoms with Gasteiger partial charge in [-0.2, -0.15) is 0 Å². The first-order valence-corrected chi connectivity index (χ1v) is 21.6. The van der Waals surface area contributed by atoms with E-state index >= 15 is 0 Å². The molecule has 0 spiro atoms. The lowest BCUT2D eigenvalue weighted by molar-refractivity contribution is 0.589. The third kappa shape index (κ3) is 6.01. The number of hydrogen-bond donors (Lipinski definition) is 1. The molecule has 0 saturated heterocycles. The van der Waals surface area contributed by atoms with Crippen molar-refractivity contribution >= 4 is 62.3 Å². The standard InChI is InChI=1S/C57H49BNO/c1-56(2,3)38-25-20-37-23-28-43-51-45(44(37)30-38)31-39(57(4,5)6)32-48(51)58-54-47(33-46-42-18-12-13-19-50(42)60-55(46)53(43)54)52-41-17-11-10-16-36(41)24-29-49(52)59-40-26-21-35(22-27-40)34-14-8-7-9-15-34/h7-22,24-27,29-33,43,59H,23,28H2,1-6H3. The summed E-state index contributed by atoms with van der Waals surface area (Å²) in [5.74, 6) is 0.148. The summed E-state index contributed by atoms with van der Waals surface area (Å²) in [6, 6.07) is 56.2. The molecule has 1 radical (unpaired) electrons. The molecular weight excluding hydrogens is 725 g/mol. The minimum atomic E-state index is -0.0302. The largest absolute Gasteiger partial charge is 0.456 e. The second-order valence-corrected chi connectivity index (χ2v) is 19.1. The maximum absolute atomic E-state index is 7.04. The van der Waals surface area contributed by atoms with Crippen molar-refractivity contribution in [2.45, 2.75) is 71.1 Å². The van der Waals surface area contributed by atoms with E-state index in [9.17, 15) is 0 Å². The summed E-state index contributed by atoms with van der Waals surface area (Å²) in [6.45, 7) is 14.0. The average molecular weight is 775 g/mol. The molecule has 0 bridgehead atoms. The summed E-state index contributed by atoms with van der Waals surface area (Å²) in [5.41, 5.74) is 21.2. The molecule has 1 aromatic heterocycles.